The highest BCUT2D eigenvalue weighted by molar-refractivity contribution is 5.79. The zero-order chi connectivity index (χ0) is 31.2. The van der Waals surface area contributed by atoms with E-state index in [1.165, 1.54) is 5.56 Å². The maximum Gasteiger partial charge on any atom is 0.313 e. The molecular weight excluding hydrogens is 492 g/mol. The Morgan fingerprint density at radius 1 is 0.700 bits per heavy atom. The lowest BCUT2D eigenvalue weighted by atomic mass is 9.37. The standard InChI is InChI=1S/C37H66O3/c1-15-33(12,16-2)27-30(28-23-25-29(38)26-24-28)36(19-5,20-6)37(21-7,22-8)35(14,34(13,17-3)18-4)31(39)40-32(9,10)11/h23-26,30,38H,15-22,27H2,1-14H3. The quantitative estimate of drug-likeness (QED) is 0.205. The number of esters is 1. The summed E-state index contributed by atoms with van der Waals surface area (Å²) in [5.74, 6) is 0.488. The van der Waals surface area contributed by atoms with E-state index >= 15 is 0 Å². The fourth-order valence-electron chi connectivity index (χ4n) is 8.64. The van der Waals surface area contributed by atoms with Gasteiger partial charge in [0, 0.05) is 0 Å². The fraction of sp³-hybridized carbons (Fsp3) is 0.811. The number of aromatic hydroxyl groups is 1. The predicted molar refractivity (Wildman–Crippen MR) is 173 cm³/mol. The Hall–Kier alpha value is -1.51. The summed E-state index contributed by atoms with van der Waals surface area (Å²) in [6, 6.07) is 7.99. The van der Waals surface area contributed by atoms with Crippen LogP contribution in [0.5, 0.6) is 5.75 Å². The van der Waals surface area contributed by atoms with Gasteiger partial charge in [0.2, 0.25) is 0 Å². The zero-order valence-corrected chi connectivity index (χ0v) is 29.0. The van der Waals surface area contributed by atoms with Crippen molar-refractivity contribution in [3.05, 3.63) is 29.8 Å². The van der Waals surface area contributed by atoms with Crippen LogP contribution < -0.4 is 0 Å². The van der Waals surface area contributed by atoms with E-state index in [-0.39, 0.29) is 33.5 Å². The molecule has 232 valence electrons. The van der Waals surface area contributed by atoms with Crippen LogP contribution in [0.4, 0.5) is 0 Å². The number of rotatable bonds is 16. The second kappa shape index (κ2) is 13.6. The third kappa shape index (κ3) is 6.29. The van der Waals surface area contributed by atoms with E-state index in [4.69, 9.17) is 4.74 Å². The lowest BCUT2D eigenvalue weighted by Gasteiger charge is -2.66. The third-order valence-electron chi connectivity index (χ3n) is 12.3. The minimum Gasteiger partial charge on any atom is -0.508 e. The summed E-state index contributed by atoms with van der Waals surface area (Å²) in [5, 5.41) is 10.3. The molecule has 0 radical (unpaired) electrons. The Morgan fingerprint density at radius 3 is 1.48 bits per heavy atom. The van der Waals surface area contributed by atoms with Crippen molar-refractivity contribution in [2.45, 2.75) is 166 Å². The molecule has 40 heavy (non-hydrogen) atoms. The topological polar surface area (TPSA) is 46.5 Å². The van der Waals surface area contributed by atoms with Crippen molar-refractivity contribution in [2.24, 2.45) is 27.1 Å². The number of hydrogen-bond donors (Lipinski definition) is 1. The Morgan fingerprint density at radius 2 is 1.15 bits per heavy atom. The van der Waals surface area contributed by atoms with E-state index in [9.17, 15) is 9.90 Å². The van der Waals surface area contributed by atoms with Crippen LogP contribution in [-0.2, 0) is 9.53 Å². The SMILES string of the molecule is CCC(C)(CC)CC(c1ccc(O)cc1)C(CC)(CC)C(CC)(CC)C(C)(C(=O)OC(C)(C)C)C(C)(CC)CC. The van der Waals surface area contributed by atoms with Gasteiger partial charge in [-0.15, -0.1) is 0 Å². The van der Waals surface area contributed by atoms with Crippen LogP contribution in [0.1, 0.15) is 166 Å². The van der Waals surface area contributed by atoms with Crippen molar-refractivity contribution in [1.82, 2.24) is 0 Å². The Bertz CT molecular complexity index is 906. The molecule has 0 fully saturated rings. The van der Waals surface area contributed by atoms with E-state index in [0.29, 0.717) is 5.75 Å². The minimum absolute atomic E-state index is 0.0422. The predicted octanol–water partition coefficient (Wildman–Crippen LogP) is 11.5. The Balaban J connectivity index is 4.36. The van der Waals surface area contributed by atoms with E-state index in [1.807, 2.05) is 32.9 Å². The molecule has 0 aliphatic heterocycles. The first-order valence-corrected chi connectivity index (χ1v) is 16.5. The van der Waals surface area contributed by atoms with Gasteiger partial charge in [0.05, 0.1) is 5.41 Å². The van der Waals surface area contributed by atoms with Crippen molar-refractivity contribution < 1.29 is 14.6 Å². The fourth-order valence-corrected chi connectivity index (χ4v) is 8.64. The molecule has 0 heterocycles. The highest BCUT2D eigenvalue weighted by Crippen LogP contribution is 2.71. The van der Waals surface area contributed by atoms with Gasteiger partial charge in [-0.1, -0.05) is 94.2 Å². The molecule has 0 spiro atoms. The number of carbonyl (C=O) groups is 1. The number of phenols is 1. The number of benzene rings is 1. The molecular formula is C37H66O3. The minimum atomic E-state index is -0.712. The summed E-state index contributed by atoms with van der Waals surface area (Å²) in [6.07, 6.45) is 8.85. The molecule has 0 amide bonds. The first kappa shape index (κ1) is 36.5. The van der Waals surface area contributed by atoms with Crippen molar-refractivity contribution in [1.29, 1.82) is 0 Å². The number of ether oxygens (including phenoxy) is 1. The van der Waals surface area contributed by atoms with Crippen LogP contribution in [0, 0.1) is 27.1 Å². The van der Waals surface area contributed by atoms with Gasteiger partial charge in [-0.05, 0) is 118 Å². The summed E-state index contributed by atoms with van der Waals surface area (Å²) < 4.78 is 6.42. The van der Waals surface area contributed by atoms with E-state index < -0.39 is 11.0 Å². The van der Waals surface area contributed by atoms with Gasteiger partial charge in [-0.25, -0.2) is 0 Å². The molecule has 0 aliphatic carbocycles. The van der Waals surface area contributed by atoms with Crippen molar-refractivity contribution in [3.63, 3.8) is 0 Å². The molecule has 0 aromatic heterocycles. The lowest BCUT2D eigenvalue weighted by Crippen LogP contribution is -2.64. The molecule has 2 unspecified atom stereocenters. The molecule has 0 bridgehead atoms. The second-order valence-electron chi connectivity index (χ2n) is 14.4. The summed E-state index contributed by atoms with van der Waals surface area (Å²) in [5.41, 5.74) is -0.553. The summed E-state index contributed by atoms with van der Waals surface area (Å²) in [4.78, 5) is 14.8. The summed E-state index contributed by atoms with van der Waals surface area (Å²) in [6.45, 7) is 31.6. The molecule has 0 saturated heterocycles. The molecule has 3 heteroatoms. The molecule has 0 saturated carbocycles. The molecule has 2 atom stereocenters. The average Bonchev–Trinajstić information content (AvgIpc) is 2.93. The maximum atomic E-state index is 14.8. The first-order chi connectivity index (χ1) is 18.5. The molecule has 1 aromatic carbocycles. The average molecular weight is 559 g/mol. The van der Waals surface area contributed by atoms with Crippen molar-refractivity contribution >= 4 is 5.97 Å². The molecule has 1 aromatic rings. The third-order valence-corrected chi connectivity index (χ3v) is 12.3. The van der Waals surface area contributed by atoms with Gasteiger partial charge >= 0.3 is 5.97 Å². The van der Waals surface area contributed by atoms with Gasteiger partial charge in [0.1, 0.15) is 11.4 Å². The summed E-state index contributed by atoms with van der Waals surface area (Å²) >= 11 is 0. The van der Waals surface area contributed by atoms with Crippen LogP contribution in [-0.4, -0.2) is 16.7 Å². The van der Waals surface area contributed by atoms with Crippen LogP contribution >= 0.6 is 0 Å². The van der Waals surface area contributed by atoms with Gasteiger partial charge in [-0.3, -0.25) is 4.79 Å². The van der Waals surface area contributed by atoms with Gasteiger partial charge in [0.25, 0.3) is 0 Å². The Labute approximate surface area is 249 Å². The maximum absolute atomic E-state index is 14.8. The molecule has 1 rings (SSSR count). The second-order valence-corrected chi connectivity index (χ2v) is 14.4. The van der Waals surface area contributed by atoms with Crippen molar-refractivity contribution in [2.75, 3.05) is 0 Å². The lowest BCUT2D eigenvalue weighted by molar-refractivity contribution is -0.217. The van der Waals surface area contributed by atoms with Crippen LogP contribution in [0.15, 0.2) is 24.3 Å². The number of carbonyl (C=O) groups excluding carboxylic acids is 1. The van der Waals surface area contributed by atoms with Gasteiger partial charge in [0.15, 0.2) is 0 Å². The zero-order valence-electron chi connectivity index (χ0n) is 29.0. The first-order valence-electron chi connectivity index (χ1n) is 16.5. The summed E-state index contributed by atoms with van der Waals surface area (Å²) in [7, 11) is 0. The Kier molecular flexibility index (Phi) is 12.5. The monoisotopic (exact) mass is 559 g/mol. The van der Waals surface area contributed by atoms with Gasteiger partial charge < -0.3 is 9.84 Å². The number of phenolic OH excluding ortho intramolecular Hbond substituents is 1. The van der Waals surface area contributed by atoms with E-state index in [0.717, 1.165) is 57.8 Å². The van der Waals surface area contributed by atoms with Crippen molar-refractivity contribution in [3.8, 4) is 5.75 Å². The van der Waals surface area contributed by atoms with Crippen LogP contribution in [0.2, 0.25) is 0 Å². The molecule has 0 aliphatic rings. The van der Waals surface area contributed by atoms with Crippen LogP contribution in [0.3, 0.4) is 0 Å². The molecule has 1 N–H and O–H groups in total. The normalized spacial score (nSPS) is 15.9. The molecule has 3 nitrogen and oxygen atoms in total. The van der Waals surface area contributed by atoms with Crippen LogP contribution in [0.25, 0.3) is 0 Å². The largest absolute Gasteiger partial charge is 0.508 e. The highest BCUT2D eigenvalue weighted by Gasteiger charge is 2.68. The van der Waals surface area contributed by atoms with E-state index in [1.54, 1.807) is 0 Å². The van der Waals surface area contributed by atoms with E-state index in [2.05, 4.69) is 88.3 Å². The smallest absolute Gasteiger partial charge is 0.313 e. The van der Waals surface area contributed by atoms with Gasteiger partial charge in [-0.2, -0.15) is 0 Å². The number of hydrogen-bond acceptors (Lipinski definition) is 3. The highest BCUT2D eigenvalue weighted by atomic mass is 16.6.